The Kier molecular flexibility index (Phi) is 5.58. The summed E-state index contributed by atoms with van der Waals surface area (Å²) in [4.78, 5) is 11.8. The highest BCUT2D eigenvalue weighted by Gasteiger charge is 2.11. The van der Waals surface area contributed by atoms with Gasteiger partial charge >= 0.3 is 0 Å². The summed E-state index contributed by atoms with van der Waals surface area (Å²) in [6.45, 7) is 0.875. The first kappa shape index (κ1) is 15.3. The van der Waals surface area contributed by atoms with Gasteiger partial charge in [-0.1, -0.05) is 29.8 Å². The molecule has 1 N–H and O–H groups in total. The lowest BCUT2D eigenvalue weighted by Crippen LogP contribution is -2.26. The van der Waals surface area contributed by atoms with Crippen molar-refractivity contribution in [3.8, 4) is 5.75 Å². The lowest BCUT2D eigenvalue weighted by atomic mass is 10.2. The second-order valence-electron chi connectivity index (χ2n) is 4.40. The molecular formula is C16H15ClFNO2. The topological polar surface area (TPSA) is 38.3 Å². The second-order valence-corrected chi connectivity index (χ2v) is 4.83. The maximum Gasteiger partial charge on any atom is 0.254 e. The molecule has 0 bridgehead atoms. The molecule has 0 radical (unpaired) electrons. The predicted molar refractivity (Wildman–Crippen MR) is 80.3 cm³/mol. The van der Waals surface area contributed by atoms with Gasteiger partial charge in [0.2, 0.25) is 0 Å². The fourth-order valence-corrected chi connectivity index (χ4v) is 1.92. The Morgan fingerprint density at radius 1 is 1.19 bits per heavy atom. The zero-order valence-corrected chi connectivity index (χ0v) is 12.1. The monoisotopic (exact) mass is 307 g/mol. The van der Waals surface area contributed by atoms with Gasteiger partial charge in [0, 0.05) is 11.6 Å². The van der Waals surface area contributed by atoms with E-state index in [1.807, 2.05) is 30.3 Å². The third-order valence-electron chi connectivity index (χ3n) is 2.79. The molecule has 0 atom stereocenters. The average Bonchev–Trinajstić information content (AvgIpc) is 2.50. The van der Waals surface area contributed by atoms with E-state index in [9.17, 15) is 9.18 Å². The Morgan fingerprint density at radius 3 is 2.71 bits per heavy atom. The van der Waals surface area contributed by atoms with Crippen LogP contribution in [0.15, 0.2) is 48.5 Å². The average molecular weight is 308 g/mol. The quantitative estimate of drug-likeness (QED) is 0.827. The maximum atomic E-state index is 13.5. The van der Waals surface area contributed by atoms with Crippen LogP contribution >= 0.6 is 11.6 Å². The summed E-state index contributed by atoms with van der Waals surface area (Å²) in [5.74, 6) is -0.281. The molecule has 0 aliphatic rings. The Hall–Kier alpha value is -2.07. The van der Waals surface area contributed by atoms with Gasteiger partial charge in [-0.15, -0.1) is 0 Å². The molecule has 0 spiro atoms. The van der Waals surface area contributed by atoms with Crippen LogP contribution in [-0.4, -0.2) is 19.1 Å². The normalized spacial score (nSPS) is 10.2. The maximum absolute atomic E-state index is 13.5. The number of para-hydroxylation sites is 1. The van der Waals surface area contributed by atoms with Crippen molar-refractivity contribution in [2.24, 2.45) is 0 Å². The van der Waals surface area contributed by atoms with E-state index in [1.54, 1.807) is 0 Å². The summed E-state index contributed by atoms with van der Waals surface area (Å²) in [7, 11) is 0. The van der Waals surface area contributed by atoms with E-state index in [1.165, 1.54) is 18.2 Å². The van der Waals surface area contributed by atoms with Crippen molar-refractivity contribution in [3.63, 3.8) is 0 Å². The van der Waals surface area contributed by atoms with Crippen molar-refractivity contribution < 1.29 is 13.9 Å². The molecule has 1 amide bonds. The lowest BCUT2D eigenvalue weighted by Gasteiger charge is -2.08. The summed E-state index contributed by atoms with van der Waals surface area (Å²) in [6.07, 6.45) is 0.628. The number of ether oxygens (including phenoxy) is 1. The van der Waals surface area contributed by atoms with Crippen LogP contribution in [0.3, 0.4) is 0 Å². The van der Waals surface area contributed by atoms with E-state index in [0.29, 0.717) is 24.6 Å². The standard InChI is InChI=1S/C16H15ClFNO2/c17-12-7-8-15(18)14(11-12)16(20)19-9-4-10-21-13-5-2-1-3-6-13/h1-3,5-8,11H,4,9-10H2,(H,19,20). The van der Waals surface area contributed by atoms with E-state index in [0.717, 1.165) is 5.75 Å². The zero-order valence-electron chi connectivity index (χ0n) is 11.3. The van der Waals surface area contributed by atoms with Gasteiger partial charge in [0.15, 0.2) is 0 Å². The van der Waals surface area contributed by atoms with Crippen LogP contribution in [-0.2, 0) is 0 Å². The van der Waals surface area contributed by atoms with Gasteiger partial charge in [-0.25, -0.2) is 4.39 Å². The minimum absolute atomic E-state index is 0.0496. The number of nitrogens with one attached hydrogen (secondary N) is 1. The van der Waals surface area contributed by atoms with Crippen molar-refractivity contribution in [1.82, 2.24) is 5.32 Å². The number of hydrogen-bond acceptors (Lipinski definition) is 2. The van der Waals surface area contributed by atoms with Crippen LogP contribution in [0.5, 0.6) is 5.75 Å². The smallest absolute Gasteiger partial charge is 0.254 e. The highest BCUT2D eigenvalue weighted by molar-refractivity contribution is 6.30. The zero-order chi connectivity index (χ0) is 15.1. The first-order valence-electron chi connectivity index (χ1n) is 6.58. The summed E-state index contributed by atoms with van der Waals surface area (Å²) < 4.78 is 19.0. The molecule has 2 aromatic carbocycles. The molecular weight excluding hydrogens is 293 g/mol. The molecule has 0 aliphatic heterocycles. The molecule has 0 heterocycles. The molecule has 3 nitrogen and oxygen atoms in total. The molecule has 0 aromatic heterocycles. The van der Waals surface area contributed by atoms with Gasteiger partial charge in [-0.3, -0.25) is 4.79 Å². The lowest BCUT2D eigenvalue weighted by molar-refractivity contribution is 0.0947. The molecule has 0 fully saturated rings. The highest BCUT2D eigenvalue weighted by atomic mass is 35.5. The number of hydrogen-bond donors (Lipinski definition) is 1. The number of carbonyl (C=O) groups is 1. The van der Waals surface area contributed by atoms with Crippen LogP contribution in [0.25, 0.3) is 0 Å². The van der Waals surface area contributed by atoms with Gasteiger partial charge in [0.1, 0.15) is 11.6 Å². The van der Waals surface area contributed by atoms with Crippen molar-refractivity contribution in [1.29, 1.82) is 0 Å². The molecule has 0 unspecified atom stereocenters. The van der Waals surface area contributed by atoms with Crippen LogP contribution in [0.2, 0.25) is 5.02 Å². The Balaban J connectivity index is 1.73. The molecule has 5 heteroatoms. The number of carbonyl (C=O) groups excluding carboxylic acids is 1. The van der Waals surface area contributed by atoms with E-state index in [2.05, 4.69) is 5.32 Å². The minimum Gasteiger partial charge on any atom is -0.494 e. The van der Waals surface area contributed by atoms with Gasteiger partial charge in [-0.05, 0) is 36.8 Å². The summed E-state index contributed by atoms with van der Waals surface area (Å²) in [6, 6.07) is 13.3. The van der Waals surface area contributed by atoms with E-state index in [-0.39, 0.29) is 5.56 Å². The first-order valence-corrected chi connectivity index (χ1v) is 6.96. The third kappa shape index (κ3) is 4.76. The molecule has 0 aliphatic carbocycles. The van der Waals surface area contributed by atoms with Gasteiger partial charge in [0.25, 0.3) is 5.91 Å². The molecule has 110 valence electrons. The third-order valence-corrected chi connectivity index (χ3v) is 3.03. The largest absolute Gasteiger partial charge is 0.494 e. The Bertz CT molecular complexity index is 604. The summed E-state index contributed by atoms with van der Waals surface area (Å²) in [5.41, 5.74) is -0.0496. The minimum atomic E-state index is -0.586. The fourth-order valence-electron chi connectivity index (χ4n) is 1.75. The van der Waals surface area contributed by atoms with E-state index >= 15 is 0 Å². The van der Waals surface area contributed by atoms with Gasteiger partial charge in [0.05, 0.1) is 12.2 Å². The first-order chi connectivity index (χ1) is 10.2. The molecule has 0 saturated heterocycles. The number of halogens is 2. The van der Waals surface area contributed by atoms with Crippen LogP contribution in [0.1, 0.15) is 16.8 Å². The molecule has 21 heavy (non-hydrogen) atoms. The van der Waals surface area contributed by atoms with Crippen molar-refractivity contribution in [2.45, 2.75) is 6.42 Å². The second kappa shape index (κ2) is 7.64. The molecule has 2 rings (SSSR count). The predicted octanol–water partition coefficient (Wildman–Crippen LogP) is 3.68. The molecule has 0 saturated carbocycles. The van der Waals surface area contributed by atoms with Crippen molar-refractivity contribution in [3.05, 3.63) is 64.9 Å². The van der Waals surface area contributed by atoms with Gasteiger partial charge < -0.3 is 10.1 Å². The summed E-state index contributed by atoms with van der Waals surface area (Å²) in [5, 5.41) is 2.96. The number of amides is 1. The van der Waals surface area contributed by atoms with Crippen LogP contribution in [0, 0.1) is 5.82 Å². The van der Waals surface area contributed by atoms with Crippen molar-refractivity contribution in [2.75, 3.05) is 13.2 Å². The van der Waals surface area contributed by atoms with Crippen LogP contribution in [0.4, 0.5) is 4.39 Å². The Labute approximate surface area is 127 Å². The summed E-state index contributed by atoms with van der Waals surface area (Å²) >= 11 is 5.75. The SMILES string of the molecule is O=C(NCCCOc1ccccc1)c1cc(Cl)ccc1F. The van der Waals surface area contributed by atoms with Crippen LogP contribution < -0.4 is 10.1 Å². The fraction of sp³-hybridized carbons (Fsp3) is 0.188. The molecule has 2 aromatic rings. The Morgan fingerprint density at radius 2 is 1.95 bits per heavy atom. The van der Waals surface area contributed by atoms with E-state index in [4.69, 9.17) is 16.3 Å². The number of rotatable bonds is 6. The van der Waals surface area contributed by atoms with E-state index < -0.39 is 11.7 Å². The number of benzene rings is 2. The highest BCUT2D eigenvalue weighted by Crippen LogP contribution is 2.14. The van der Waals surface area contributed by atoms with Crippen molar-refractivity contribution >= 4 is 17.5 Å². The van der Waals surface area contributed by atoms with Gasteiger partial charge in [-0.2, -0.15) is 0 Å².